The Labute approximate surface area is 391 Å². The zero-order valence-corrected chi connectivity index (χ0v) is 41.2. The van der Waals surface area contributed by atoms with Gasteiger partial charge in [0, 0.05) is 65.3 Å². The second kappa shape index (κ2) is 25.8. The molecule has 3 rings (SSSR count). The van der Waals surface area contributed by atoms with E-state index in [1.807, 2.05) is 69.9 Å². The van der Waals surface area contributed by atoms with Gasteiger partial charge in [0.05, 0.1) is 42.8 Å². The summed E-state index contributed by atoms with van der Waals surface area (Å²) in [5, 5.41) is 8.90. The predicted octanol–water partition coefficient (Wildman–Crippen LogP) is 4.13. The molecule has 0 saturated carbocycles. The van der Waals surface area contributed by atoms with Gasteiger partial charge in [-0.1, -0.05) is 90.0 Å². The summed E-state index contributed by atoms with van der Waals surface area (Å²) in [4.78, 5) is 96.9. The Bertz CT molecular complexity index is 1820. The van der Waals surface area contributed by atoms with Gasteiger partial charge < -0.3 is 40.0 Å². The zero-order chi connectivity index (χ0) is 48.6. The highest BCUT2D eigenvalue weighted by molar-refractivity contribution is 7.80. The molecule has 1 fully saturated rings. The van der Waals surface area contributed by atoms with E-state index in [9.17, 15) is 33.6 Å². The van der Waals surface area contributed by atoms with Crippen molar-refractivity contribution in [1.82, 2.24) is 30.7 Å². The van der Waals surface area contributed by atoms with Crippen LogP contribution in [-0.2, 0) is 54.2 Å². The van der Waals surface area contributed by atoms with Crippen molar-refractivity contribution < 1.29 is 47.8 Å². The Balaban J connectivity index is 1.68. The van der Waals surface area contributed by atoms with Crippen molar-refractivity contribution in [2.24, 2.45) is 17.8 Å². The van der Waals surface area contributed by atoms with E-state index in [1.54, 1.807) is 32.9 Å². The molecular weight excluding hydrogens is 853 g/mol. The van der Waals surface area contributed by atoms with Crippen molar-refractivity contribution in [3.8, 4) is 0 Å². The van der Waals surface area contributed by atoms with Crippen LogP contribution < -0.4 is 16.0 Å². The lowest BCUT2D eigenvalue weighted by atomic mass is 9.89. The first-order valence-corrected chi connectivity index (χ1v) is 23.3. The Morgan fingerprint density at radius 2 is 1.57 bits per heavy atom. The van der Waals surface area contributed by atoms with Crippen molar-refractivity contribution in [3.63, 3.8) is 0 Å². The molecule has 0 radical (unpaired) electrons. The molecule has 1 aromatic carbocycles. The summed E-state index contributed by atoms with van der Waals surface area (Å²) in [7, 11) is 6.14. The number of rotatable bonds is 26. The number of unbranched alkanes of at least 4 members (excludes halogenated alkanes) is 2. The molecule has 362 valence electrons. The summed E-state index contributed by atoms with van der Waals surface area (Å²) in [5.74, 6) is -3.31. The Morgan fingerprint density at radius 3 is 2.14 bits per heavy atom. The second-order valence-electron chi connectivity index (χ2n) is 18.2. The number of imide groups is 1. The van der Waals surface area contributed by atoms with Crippen molar-refractivity contribution in [2.45, 2.75) is 148 Å². The third-order valence-electron chi connectivity index (χ3n) is 12.8. The number of ether oxygens (including phenoxy) is 3. The first kappa shape index (κ1) is 54.6. The summed E-state index contributed by atoms with van der Waals surface area (Å²) in [6, 6.07) is 7.06. The van der Waals surface area contributed by atoms with Crippen molar-refractivity contribution >= 4 is 58.6 Å². The molecule has 8 atom stereocenters. The van der Waals surface area contributed by atoms with E-state index >= 15 is 0 Å². The number of hydrogen-bond acceptors (Lipinski definition) is 11. The first-order valence-electron chi connectivity index (χ1n) is 22.9. The lowest BCUT2D eigenvalue weighted by Gasteiger charge is -2.41. The molecule has 2 heterocycles. The number of methoxy groups -OCH3 is 3. The van der Waals surface area contributed by atoms with Crippen molar-refractivity contribution in [2.75, 3.05) is 41.5 Å². The van der Waals surface area contributed by atoms with Crippen LogP contribution in [0.15, 0.2) is 42.5 Å². The van der Waals surface area contributed by atoms with E-state index in [2.05, 4.69) is 16.0 Å². The van der Waals surface area contributed by atoms with Gasteiger partial charge in [-0.3, -0.25) is 33.7 Å². The highest BCUT2D eigenvalue weighted by Crippen LogP contribution is 2.30. The standard InChI is InChI=1S/C48H74N6O10S/c1-12-31(4)42(52(8)45(59)41(30(2)3)50-47(61)48(6,7)51-37(55)23-17-14-18-26-54-38(56)24-25-39(54)57)36(62-9)29-40(58)53-27-19-22-35(53)43(63-10)32(5)44(65)49-34(46(60)64-11)28-33-20-15-13-16-21-33/h13,15-16,20-21,24-25,30-32,34-36,41-43H,12,14,17-19,22-23,26-29H2,1-11H3,(H,49,65)(H,50,61)(H,51,55)/t31-,32+,34-,35-,36+,41-,42-,43+/m0/s1. The molecular formula is C48H74N6O10S. The van der Waals surface area contributed by atoms with Crippen LogP contribution in [0.25, 0.3) is 0 Å². The number of likely N-dealkylation sites (N-methyl/N-ethyl adjacent to an activating group) is 1. The van der Waals surface area contributed by atoms with Crippen molar-refractivity contribution in [1.29, 1.82) is 0 Å². The van der Waals surface area contributed by atoms with E-state index in [0.717, 1.165) is 16.9 Å². The molecule has 2 aliphatic heterocycles. The van der Waals surface area contributed by atoms with E-state index < -0.39 is 47.7 Å². The molecule has 0 unspecified atom stereocenters. The average molecular weight is 927 g/mol. The SMILES string of the molecule is CC[C@H](C)[C@@H]([C@@H](CC(=O)N1CCC[C@H]1[C@H](OC)[C@@H](C)C(=S)N[C@@H](Cc1ccccc1)C(=O)OC)OC)N(C)C(=O)[C@@H](NC(=O)C(C)(C)NC(=O)CCCCCN1C(=O)C=CC1=O)C(C)C. The molecule has 0 bridgehead atoms. The number of hydrogen-bond donors (Lipinski definition) is 3. The fourth-order valence-electron chi connectivity index (χ4n) is 8.70. The fraction of sp³-hybridized carbons (Fsp3) is 0.667. The van der Waals surface area contributed by atoms with Gasteiger partial charge in [0.1, 0.15) is 17.6 Å². The van der Waals surface area contributed by atoms with Gasteiger partial charge in [0.25, 0.3) is 11.8 Å². The van der Waals surface area contributed by atoms with E-state index in [0.29, 0.717) is 50.1 Å². The lowest BCUT2D eigenvalue weighted by molar-refractivity contribution is -0.147. The summed E-state index contributed by atoms with van der Waals surface area (Å²) in [6.07, 6.45) is 5.56. The van der Waals surface area contributed by atoms with E-state index in [4.69, 9.17) is 26.4 Å². The molecule has 2 aliphatic rings. The number of thiocarbonyl (C=S) groups is 1. The van der Waals surface area contributed by atoms with Gasteiger partial charge in [0.2, 0.25) is 23.6 Å². The highest BCUT2D eigenvalue weighted by atomic mass is 32.1. The number of carbonyl (C=O) groups excluding carboxylic acids is 7. The Kier molecular flexibility index (Phi) is 21.7. The highest BCUT2D eigenvalue weighted by Gasteiger charge is 2.43. The number of benzene rings is 1. The van der Waals surface area contributed by atoms with Gasteiger partial charge >= 0.3 is 5.97 Å². The Morgan fingerprint density at radius 1 is 0.923 bits per heavy atom. The van der Waals surface area contributed by atoms with E-state index in [-0.39, 0.29) is 72.7 Å². The fourth-order valence-corrected chi connectivity index (χ4v) is 8.98. The molecule has 0 spiro atoms. The van der Waals surface area contributed by atoms with E-state index in [1.165, 1.54) is 26.4 Å². The number of nitrogens with one attached hydrogen (secondary N) is 3. The maximum atomic E-state index is 14.5. The summed E-state index contributed by atoms with van der Waals surface area (Å²) in [5.41, 5.74) is -0.407. The van der Waals surface area contributed by atoms with Crippen LogP contribution in [-0.4, -0.2) is 144 Å². The van der Waals surface area contributed by atoms with Crippen LogP contribution in [0.2, 0.25) is 0 Å². The van der Waals surface area contributed by atoms with Crippen LogP contribution in [0.1, 0.15) is 105 Å². The molecule has 0 aliphatic carbocycles. The van der Waals surface area contributed by atoms with Crippen molar-refractivity contribution in [3.05, 3.63) is 48.0 Å². The number of likely N-dealkylation sites (tertiary alicyclic amines) is 1. The molecule has 1 aromatic rings. The van der Waals surface area contributed by atoms with Gasteiger partial charge in [-0.05, 0) is 56.9 Å². The van der Waals surface area contributed by atoms with Gasteiger partial charge in [-0.15, -0.1) is 0 Å². The Hall–Kier alpha value is -4.74. The van der Waals surface area contributed by atoms with Gasteiger partial charge in [0.15, 0.2) is 0 Å². The van der Waals surface area contributed by atoms with Crippen LogP contribution in [0.4, 0.5) is 0 Å². The number of nitrogens with zero attached hydrogens (tertiary/aromatic N) is 3. The third kappa shape index (κ3) is 15.1. The monoisotopic (exact) mass is 927 g/mol. The van der Waals surface area contributed by atoms with Gasteiger partial charge in [-0.25, -0.2) is 4.79 Å². The second-order valence-corrected chi connectivity index (χ2v) is 18.6. The number of carbonyl (C=O) groups is 7. The molecule has 3 N–H and O–H groups in total. The summed E-state index contributed by atoms with van der Waals surface area (Å²) < 4.78 is 17.2. The molecule has 17 heteroatoms. The lowest BCUT2D eigenvalue weighted by Crippen LogP contribution is -2.62. The molecule has 1 saturated heterocycles. The average Bonchev–Trinajstić information content (AvgIpc) is 3.89. The quantitative estimate of drug-likeness (QED) is 0.0522. The van der Waals surface area contributed by atoms with Crippen LogP contribution >= 0.6 is 12.2 Å². The van der Waals surface area contributed by atoms with Crippen LogP contribution in [0.3, 0.4) is 0 Å². The maximum absolute atomic E-state index is 14.5. The number of amides is 6. The predicted molar refractivity (Wildman–Crippen MR) is 251 cm³/mol. The smallest absolute Gasteiger partial charge is 0.328 e. The minimum absolute atomic E-state index is 0.0158. The molecule has 65 heavy (non-hydrogen) atoms. The van der Waals surface area contributed by atoms with Crippen LogP contribution in [0.5, 0.6) is 0 Å². The first-order chi connectivity index (χ1) is 30.7. The molecule has 6 amide bonds. The minimum Gasteiger partial charge on any atom is -0.467 e. The number of esters is 1. The minimum atomic E-state index is -1.35. The van der Waals surface area contributed by atoms with Gasteiger partial charge in [-0.2, -0.15) is 0 Å². The normalized spacial score (nSPS) is 18.4. The maximum Gasteiger partial charge on any atom is 0.328 e. The zero-order valence-electron chi connectivity index (χ0n) is 40.3. The molecule has 0 aromatic heterocycles. The molecule has 16 nitrogen and oxygen atoms in total. The topological polar surface area (TPSA) is 193 Å². The summed E-state index contributed by atoms with van der Waals surface area (Å²) in [6.45, 7) is 13.5. The van der Waals surface area contributed by atoms with Crippen LogP contribution in [0, 0.1) is 17.8 Å². The third-order valence-corrected chi connectivity index (χ3v) is 13.3. The largest absolute Gasteiger partial charge is 0.467 e. The summed E-state index contributed by atoms with van der Waals surface area (Å²) >= 11 is 5.86.